The number of hydrogen-bond donors (Lipinski definition) is 0. The SMILES string of the molecule is CCCCC(Cl)(Cl)OC(C)=O. The lowest BCUT2D eigenvalue weighted by molar-refractivity contribution is -0.145. The standard InChI is InChI=1S/C7H12Cl2O2/c1-3-4-5-7(8,9)11-6(2)10/h3-5H2,1-2H3. The van der Waals surface area contributed by atoms with E-state index >= 15 is 0 Å². The Morgan fingerprint density at radius 2 is 2.09 bits per heavy atom. The highest BCUT2D eigenvalue weighted by Crippen LogP contribution is 2.28. The van der Waals surface area contributed by atoms with Gasteiger partial charge in [0.15, 0.2) is 0 Å². The number of rotatable bonds is 4. The highest BCUT2D eigenvalue weighted by atomic mass is 35.5. The fourth-order valence-electron chi connectivity index (χ4n) is 0.644. The summed E-state index contributed by atoms with van der Waals surface area (Å²) in [5.74, 6) is -0.453. The van der Waals surface area contributed by atoms with Crippen LogP contribution < -0.4 is 0 Å². The minimum Gasteiger partial charge on any atom is -0.429 e. The van der Waals surface area contributed by atoms with Gasteiger partial charge in [-0.05, 0) is 6.42 Å². The smallest absolute Gasteiger partial charge is 0.305 e. The van der Waals surface area contributed by atoms with Crippen LogP contribution in [0.1, 0.15) is 33.1 Å². The Balaban J connectivity index is 3.70. The Morgan fingerprint density at radius 3 is 2.45 bits per heavy atom. The maximum absolute atomic E-state index is 10.4. The van der Waals surface area contributed by atoms with E-state index in [2.05, 4.69) is 4.74 Å². The highest BCUT2D eigenvalue weighted by Gasteiger charge is 2.26. The molecule has 0 unspecified atom stereocenters. The van der Waals surface area contributed by atoms with Crippen molar-refractivity contribution in [1.82, 2.24) is 0 Å². The molecule has 0 bridgehead atoms. The average molecular weight is 199 g/mol. The van der Waals surface area contributed by atoms with E-state index in [-0.39, 0.29) is 0 Å². The zero-order chi connectivity index (χ0) is 8.91. The average Bonchev–Trinajstić information content (AvgIpc) is 1.81. The number of hydrogen-bond acceptors (Lipinski definition) is 2. The van der Waals surface area contributed by atoms with E-state index < -0.39 is 10.5 Å². The van der Waals surface area contributed by atoms with Crippen LogP contribution in [0.3, 0.4) is 0 Å². The molecular formula is C7H12Cl2O2. The molecule has 11 heavy (non-hydrogen) atoms. The van der Waals surface area contributed by atoms with Crippen molar-refractivity contribution in [3.63, 3.8) is 0 Å². The molecule has 0 rings (SSSR count). The topological polar surface area (TPSA) is 26.3 Å². The van der Waals surface area contributed by atoms with E-state index in [0.29, 0.717) is 6.42 Å². The van der Waals surface area contributed by atoms with Crippen LogP contribution in [-0.4, -0.2) is 10.5 Å². The molecule has 0 atom stereocenters. The van der Waals surface area contributed by atoms with Crippen molar-refractivity contribution >= 4 is 29.2 Å². The van der Waals surface area contributed by atoms with Gasteiger partial charge in [0.2, 0.25) is 0 Å². The summed E-state index contributed by atoms with van der Waals surface area (Å²) in [6.07, 6.45) is 2.30. The molecule has 0 fully saturated rings. The van der Waals surface area contributed by atoms with Crippen LogP contribution in [0.5, 0.6) is 0 Å². The van der Waals surface area contributed by atoms with Crippen LogP contribution >= 0.6 is 23.2 Å². The molecule has 0 aliphatic rings. The summed E-state index contributed by atoms with van der Waals surface area (Å²) in [4.78, 5) is 10.4. The van der Waals surface area contributed by atoms with Gasteiger partial charge in [-0.15, -0.1) is 0 Å². The molecule has 0 aliphatic carbocycles. The Morgan fingerprint density at radius 1 is 1.55 bits per heavy atom. The van der Waals surface area contributed by atoms with Crippen molar-refractivity contribution in [2.24, 2.45) is 0 Å². The van der Waals surface area contributed by atoms with E-state index in [1.54, 1.807) is 0 Å². The number of carbonyl (C=O) groups excluding carboxylic acids is 1. The van der Waals surface area contributed by atoms with Gasteiger partial charge in [-0.25, -0.2) is 0 Å². The molecule has 0 heterocycles. The van der Waals surface area contributed by atoms with Gasteiger partial charge in [0.1, 0.15) is 0 Å². The van der Waals surface area contributed by atoms with Crippen LogP contribution in [0.2, 0.25) is 0 Å². The Hall–Kier alpha value is 0.0500. The molecule has 0 spiro atoms. The van der Waals surface area contributed by atoms with Crippen molar-refractivity contribution in [1.29, 1.82) is 0 Å². The predicted molar refractivity (Wildman–Crippen MR) is 45.7 cm³/mol. The molecule has 66 valence electrons. The summed E-state index contributed by atoms with van der Waals surface area (Å²) in [6.45, 7) is 3.29. The molecule has 0 N–H and O–H groups in total. The van der Waals surface area contributed by atoms with Gasteiger partial charge in [-0.1, -0.05) is 36.5 Å². The number of alkyl halides is 2. The zero-order valence-electron chi connectivity index (χ0n) is 6.69. The molecule has 0 aromatic carbocycles. The second-order valence-electron chi connectivity index (χ2n) is 2.33. The van der Waals surface area contributed by atoms with Crippen LogP contribution in [0, 0.1) is 0 Å². The highest BCUT2D eigenvalue weighted by molar-refractivity contribution is 6.47. The van der Waals surface area contributed by atoms with Crippen LogP contribution in [-0.2, 0) is 9.53 Å². The van der Waals surface area contributed by atoms with Crippen molar-refractivity contribution in [2.75, 3.05) is 0 Å². The predicted octanol–water partition coefficient (Wildman–Crippen LogP) is 2.87. The van der Waals surface area contributed by atoms with E-state index in [9.17, 15) is 4.79 Å². The second kappa shape index (κ2) is 4.83. The number of esters is 1. The molecule has 0 amide bonds. The first-order chi connectivity index (χ1) is 4.98. The first-order valence-electron chi connectivity index (χ1n) is 3.55. The second-order valence-corrected chi connectivity index (χ2v) is 3.75. The maximum atomic E-state index is 10.4. The fourth-order valence-corrected chi connectivity index (χ4v) is 1.13. The largest absolute Gasteiger partial charge is 0.429 e. The van der Waals surface area contributed by atoms with Crippen LogP contribution in [0.4, 0.5) is 0 Å². The van der Waals surface area contributed by atoms with Crippen molar-refractivity contribution in [3.05, 3.63) is 0 Å². The lowest BCUT2D eigenvalue weighted by atomic mass is 10.3. The number of carbonyl (C=O) groups is 1. The van der Waals surface area contributed by atoms with Crippen molar-refractivity contribution < 1.29 is 9.53 Å². The maximum Gasteiger partial charge on any atom is 0.305 e. The first-order valence-corrected chi connectivity index (χ1v) is 4.31. The first kappa shape index (κ1) is 11.1. The van der Waals surface area contributed by atoms with E-state index in [4.69, 9.17) is 23.2 Å². The summed E-state index contributed by atoms with van der Waals surface area (Å²) in [5, 5.41) is 0. The van der Waals surface area contributed by atoms with Gasteiger partial charge in [0, 0.05) is 13.3 Å². The number of halogens is 2. The lowest BCUT2D eigenvalue weighted by Gasteiger charge is -2.18. The van der Waals surface area contributed by atoms with Crippen molar-refractivity contribution in [3.8, 4) is 0 Å². The summed E-state index contributed by atoms with van der Waals surface area (Å²) < 4.78 is 3.30. The van der Waals surface area contributed by atoms with Crippen molar-refractivity contribution in [2.45, 2.75) is 37.6 Å². The normalized spacial score (nSPS) is 11.3. The summed E-state index contributed by atoms with van der Waals surface area (Å²) >= 11 is 11.3. The van der Waals surface area contributed by atoms with Gasteiger partial charge < -0.3 is 4.74 Å². The minimum atomic E-state index is -1.33. The van der Waals surface area contributed by atoms with Gasteiger partial charge in [0.05, 0.1) is 0 Å². The lowest BCUT2D eigenvalue weighted by Crippen LogP contribution is -2.20. The third-order valence-electron chi connectivity index (χ3n) is 1.11. The summed E-state index contributed by atoms with van der Waals surface area (Å²) in [5.41, 5.74) is 0. The molecule has 2 nitrogen and oxygen atoms in total. The Bertz CT molecular complexity index is 134. The Labute approximate surface area is 76.8 Å². The molecule has 0 aromatic rings. The molecule has 0 saturated heterocycles. The molecule has 0 aromatic heterocycles. The molecule has 0 aliphatic heterocycles. The molecule has 0 radical (unpaired) electrons. The summed E-state index contributed by atoms with van der Waals surface area (Å²) in [7, 11) is 0. The van der Waals surface area contributed by atoms with Gasteiger partial charge in [-0.3, -0.25) is 4.79 Å². The van der Waals surface area contributed by atoms with Gasteiger partial charge >= 0.3 is 5.97 Å². The van der Waals surface area contributed by atoms with Crippen LogP contribution in [0.25, 0.3) is 0 Å². The molecular weight excluding hydrogens is 187 g/mol. The zero-order valence-corrected chi connectivity index (χ0v) is 8.21. The van der Waals surface area contributed by atoms with E-state index in [1.165, 1.54) is 6.92 Å². The van der Waals surface area contributed by atoms with Gasteiger partial charge in [0.25, 0.3) is 4.52 Å². The number of unbranched alkanes of at least 4 members (excludes halogenated alkanes) is 1. The Kier molecular flexibility index (Phi) is 4.86. The monoisotopic (exact) mass is 198 g/mol. The third-order valence-corrected chi connectivity index (χ3v) is 1.65. The van der Waals surface area contributed by atoms with E-state index in [0.717, 1.165) is 12.8 Å². The van der Waals surface area contributed by atoms with Gasteiger partial charge in [-0.2, -0.15) is 0 Å². The van der Waals surface area contributed by atoms with E-state index in [1.807, 2.05) is 6.92 Å². The molecule has 0 saturated carbocycles. The quantitative estimate of drug-likeness (QED) is 0.514. The third kappa shape index (κ3) is 6.45. The fraction of sp³-hybridized carbons (Fsp3) is 0.857. The number of ether oxygens (including phenoxy) is 1. The summed E-state index contributed by atoms with van der Waals surface area (Å²) in [6, 6.07) is 0. The molecule has 4 heteroatoms. The van der Waals surface area contributed by atoms with Crippen LogP contribution in [0.15, 0.2) is 0 Å². The minimum absolute atomic E-state index is 0.453.